The van der Waals surface area contributed by atoms with Gasteiger partial charge in [0.05, 0.1) is 6.72 Å². The van der Waals surface area contributed by atoms with Crippen molar-refractivity contribution < 1.29 is 20.6 Å². The monoisotopic (exact) mass is 199 g/mol. The maximum Gasteiger partial charge on any atom is 0.257 e. The van der Waals surface area contributed by atoms with E-state index in [0.29, 0.717) is 0 Å². The van der Waals surface area contributed by atoms with Crippen molar-refractivity contribution in [1.82, 2.24) is 0 Å². The quantitative estimate of drug-likeness (QED) is 0.401. The zero-order chi connectivity index (χ0) is 10.6. The number of nitrogens with zero attached hydrogens (tertiary/aromatic N) is 1. The van der Waals surface area contributed by atoms with E-state index < -0.39 is 10.6 Å². The second-order valence-corrected chi connectivity index (χ2v) is 2.33. The van der Waals surface area contributed by atoms with E-state index in [1.807, 2.05) is 0 Å². The van der Waals surface area contributed by atoms with Gasteiger partial charge in [-0.25, -0.2) is 5.21 Å². The number of benzene rings is 1. The summed E-state index contributed by atoms with van der Waals surface area (Å²) in [4.78, 5) is 4.61. The van der Waals surface area contributed by atoms with Gasteiger partial charge in [-0.05, 0) is 6.07 Å². The Hall–Kier alpha value is -1.51. The van der Waals surface area contributed by atoms with Gasteiger partial charge in [-0.2, -0.15) is 5.23 Å². The SMILES string of the molecule is C=N[NH+]([O-])Oc1ccccc1[NH+]([O-])O. The Kier molecular flexibility index (Phi) is 3.51. The summed E-state index contributed by atoms with van der Waals surface area (Å²) in [6.45, 7) is 2.96. The topological polar surface area (TPSA) is 96.8 Å². The summed E-state index contributed by atoms with van der Waals surface area (Å²) >= 11 is 0. The number of hydrogen-bond acceptors (Lipinski definition) is 5. The summed E-state index contributed by atoms with van der Waals surface area (Å²) in [5, 5.41) is 31.0. The molecule has 0 amide bonds. The number of rotatable bonds is 4. The van der Waals surface area contributed by atoms with E-state index in [9.17, 15) is 10.4 Å². The molecule has 2 atom stereocenters. The van der Waals surface area contributed by atoms with Crippen LogP contribution in [0.25, 0.3) is 0 Å². The normalized spacial score (nSPS) is 14.5. The molecule has 0 aliphatic rings. The Labute approximate surface area is 79.5 Å². The Morgan fingerprint density at radius 2 is 2.00 bits per heavy atom. The molecule has 0 radical (unpaired) electrons. The zero-order valence-electron chi connectivity index (χ0n) is 7.14. The van der Waals surface area contributed by atoms with Crippen LogP contribution in [0.5, 0.6) is 5.75 Å². The first-order chi connectivity index (χ1) is 6.65. The zero-order valence-corrected chi connectivity index (χ0v) is 7.14. The van der Waals surface area contributed by atoms with Crippen molar-refractivity contribution in [3.63, 3.8) is 0 Å². The minimum absolute atomic E-state index is 0.0441. The molecule has 1 aromatic carbocycles. The third-order valence-electron chi connectivity index (χ3n) is 1.44. The van der Waals surface area contributed by atoms with Crippen molar-refractivity contribution in [2.75, 3.05) is 0 Å². The molecule has 7 heteroatoms. The molecule has 7 nitrogen and oxygen atoms in total. The van der Waals surface area contributed by atoms with Gasteiger partial charge in [-0.1, -0.05) is 22.6 Å². The average Bonchev–Trinajstić information content (AvgIpc) is 2.18. The van der Waals surface area contributed by atoms with Gasteiger partial charge in [0.1, 0.15) is 0 Å². The Balaban J connectivity index is 2.89. The van der Waals surface area contributed by atoms with E-state index in [0.717, 1.165) is 0 Å². The van der Waals surface area contributed by atoms with Gasteiger partial charge in [-0.15, -0.1) is 0 Å². The van der Waals surface area contributed by atoms with Crippen LogP contribution in [0.1, 0.15) is 0 Å². The van der Waals surface area contributed by atoms with Crippen LogP contribution in [0.3, 0.4) is 0 Å². The smallest absolute Gasteiger partial charge is 0.257 e. The molecule has 0 heterocycles. The molecule has 14 heavy (non-hydrogen) atoms. The van der Waals surface area contributed by atoms with Gasteiger partial charge in [-0.3, -0.25) is 4.84 Å². The van der Waals surface area contributed by atoms with Crippen molar-refractivity contribution in [2.24, 2.45) is 5.10 Å². The second kappa shape index (κ2) is 4.65. The molecule has 1 aromatic rings. The molecular formula is C7H9N3O4. The van der Waals surface area contributed by atoms with Gasteiger partial charge in [0, 0.05) is 6.07 Å². The molecule has 0 saturated carbocycles. The van der Waals surface area contributed by atoms with Gasteiger partial charge < -0.3 is 10.4 Å². The summed E-state index contributed by atoms with van der Waals surface area (Å²) in [7, 11) is 0. The van der Waals surface area contributed by atoms with Crippen LogP contribution in [0.4, 0.5) is 5.69 Å². The fraction of sp³-hybridized carbons (Fsp3) is 0. The third-order valence-corrected chi connectivity index (χ3v) is 1.44. The van der Waals surface area contributed by atoms with Crippen LogP contribution in [0.2, 0.25) is 0 Å². The largest absolute Gasteiger partial charge is 0.595 e. The van der Waals surface area contributed by atoms with Gasteiger partial charge >= 0.3 is 0 Å². The van der Waals surface area contributed by atoms with E-state index in [4.69, 9.17) is 5.21 Å². The molecule has 0 fully saturated rings. The van der Waals surface area contributed by atoms with Crippen LogP contribution in [-0.2, 0) is 0 Å². The summed E-state index contributed by atoms with van der Waals surface area (Å²) in [6, 6.07) is 5.78. The molecule has 0 aliphatic heterocycles. The van der Waals surface area contributed by atoms with Crippen molar-refractivity contribution >= 4 is 12.4 Å². The maximum atomic E-state index is 10.7. The highest BCUT2D eigenvalue weighted by Crippen LogP contribution is 2.17. The minimum atomic E-state index is -1.17. The molecule has 0 aromatic heterocycles. The predicted octanol–water partition coefficient (Wildman–Crippen LogP) is -1.62. The Morgan fingerprint density at radius 1 is 1.36 bits per heavy atom. The lowest BCUT2D eigenvalue weighted by molar-refractivity contribution is -1.03. The van der Waals surface area contributed by atoms with Gasteiger partial charge in [0.25, 0.3) is 5.75 Å². The van der Waals surface area contributed by atoms with Crippen molar-refractivity contribution in [1.29, 1.82) is 0 Å². The summed E-state index contributed by atoms with van der Waals surface area (Å²) in [6.07, 6.45) is 0. The highest BCUT2D eigenvalue weighted by molar-refractivity contribution is 5.44. The van der Waals surface area contributed by atoms with E-state index in [2.05, 4.69) is 16.7 Å². The van der Waals surface area contributed by atoms with E-state index >= 15 is 0 Å². The molecule has 0 bridgehead atoms. The van der Waals surface area contributed by atoms with Gasteiger partial charge in [0.15, 0.2) is 0 Å². The summed E-state index contributed by atoms with van der Waals surface area (Å²) in [5.41, 5.74) is -0.0931. The average molecular weight is 199 g/mol. The number of hydrogen-bond donors (Lipinski definition) is 3. The molecule has 1 rings (SSSR count). The molecular weight excluding hydrogens is 190 g/mol. The Morgan fingerprint density at radius 3 is 2.57 bits per heavy atom. The van der Waals surface area contributed by atoms with E-state index in [-0.39, 0.29) is 11.4 Å². The first kappa shape index (κ1) is 10.6. The van der Waals surface area contributed by atoms with E-state index in [1.54, 1.807) is 6.07 Å². The molecule has 3 N–H and O–H groups in total. The molecule has 76 valence electrons. The number of quaternary nitrogens is 2. The standard InChI is InChI=1S/C7H9N3O4/c1-8-10(13)14-7-5-3-2-4-6(7)9(11)12/h2-5,9-11H,1H2. The lowest BCUT2D eigenvalue weighted by Crippen LogP contribution is -3.05. The fourth-order valence-corrected chi connectivity index (χ4v) is 0.859. The van der Waals surface area contributed by atoms with Crippen LogP contribution in [0.15, 0.2) is 29.4 Å². The van der Waals surface area contributed by atoms with E-state index in [1.165, 1.54) is 18.2 Å². The van der Waals surface area contributed by atoms with Crippen molar-refractivity contribution in [3.8, 4) is 5.75 Å². The van der Waals surface area contributed by atoms with Crippen molar-refractivity contribution in [2.45, 2.75) is 0 Å². The fourth-order valence-electron chi connectivity index (χ4n) is 0.859. The van der Waals surface area contributed by atoms with Crippen LogP contribution in [-0.4, -0.2) is 11.9 Å². The lowest BCUT2D eigenvalue weighted by atomic mass is 10.3. The highest BCUT2D eigenvalue weighted by atomic mass is 16.9. The second-order valence-electron chi connectivity index (χ2n) is 2.33. The molecule has 2 unspecified atom stereocenters. The van der Waals surface area contributed by atoms with Gasteiger partial charge in [0.2, 0.25) is 5.69 Å². The summed E-state index contributed by atoms with van der Waals surface area (Å²) in [5.74, 6) is -0.0441. The van der Waals surface area contributed by atoms with Crippen LogP contribution >= 0.6 is 0 Å². The van der Waals surface area contributed by atoms with Crippen LogP contribution < -0.4 is 15.4 Å². The minimum Gasteiger partial charge on any atom is -0.595 e. The first-order valence-corrected chi connectivity index (χ1v) is 3.66. The molecule has 0 aliphatic carbocycles. The predicted molar refractivity (Wildman–Crippen MR) is 46.7 cm³/mol. The molecule has 0 saturated heterocycles. The Bertz CT molecular complexity index is 318. The van der Waals surface area contributed by atoms with Crippen molar-refractivity contribution in [3.05, 3.63) is 34.7 Å². The lowest BCUT2D eigenvalue weighted by Gasteiger charge is -2.17. The maximum absolute atomic E-state index is 10.7. The molecule has 0 spiro atoms. The summed E-state index contributed by atoms with van der Waals surface area (Å²) < 4.78 is 0. The first-order valence-electron chi connectivity index (χ1n) is 3.66. The van der Waals surface area contributed by atoms with Crippen LogP contribution in [0, 0.1) is 10.4 Å². The number of para-hydroxylation sites is 2. The third kappa shape index (κ3) is 2.49. The number of nitrogens with one attached hydrogen (secondary N) is 2. The highest BCUT2D eigenvalue weighted by Gasteiger charge is 2.12.